The molecule has 1 aromatic heterocycles. The molecule has 1 aliphatic rings. The summed E-state index contributed by atoms with van der Waals surface area (Å²) in [5.41, 5.74) is 1.00. The van der Waals surface area contributed by atoms with Crippen molar-refractivity contribution in [2.75, 3.05) is 17.8 Å². The number of hydrogen-bond donors (Lipinski definition) is 1. The van der Waals surface area contributed by atoms with Gasteiger partial charge in [0.05, 0.1) is 4.90 Å². The molecule has 1 aliphatic heterocycles. The van der Waals surface area contributed by atoms with Gasteiger partial charge in [-0.15, -0.1) is 0 Å². The van der Waals surface area contributed by atoms with Gasteiger partial charge in [-0.05, 0) is 61.4 Å². The Morgan fingerprint density at radius 2 is 1.48 bits per heavy atom. The molecule has 0 saturated carbocycles. The quantitative estimate of drug-likeness (QED) is 0.697. The summed E-state index contributed by atoms with van der Waals surface area (Å²) in [4.78, 5) is 14.8. The van der Waals surface area contributed by atoms with E-state index in [9.17, 15) is 13.2 Å². The topological polar surface area (TPSA) is 71.4 Å². The Hall–Kier alpha value is -3.06. The maximum absolute atomic E-state index is 12.8. The second kappa shape index (κ2) is 8.13. The van der Waals surface area contributed by atoms with E-state index >= 15 is 0 Å². The average molecular weight is 410 g/mol. The smallest absolute Gasteiger partial charge is 0.261 e. The van der Waals surface area contributed by atoms with E-state index in [0.29, 0.717) is 30.4 Å². The van der Waals surface area contributed by atoms with Crippen molar-refractivity contribution < 1.29 is 13.2 Å². The van der Waals surface area contributed by atoms with E-state index in [-0.39, 0.29) is 10.8 Å². The predicted octanol–water partition coefficient (Wildman–Crippen LogP) is 3.77. The Morgan fingerprint density at radius 1 is 0.862 bits per heavy atom. The molecular formula is C22H23N3O3S. The van der Waals surface area contributed by atoms with Crippen LogP contribution in [0.15, 0.2) is 84.0 Å². The van der Waals surface area contributed by atoms with Crippen molar-refractivity contribution >= 4 is 21.6 Å². The number of likely N-dealkylation sites (tertiary alicyclic amines) is 1. The van der Waals surface area contributed by atoms with Crippen LogP contribution in [0, 0.1) is 0 Å². The monoisotopic (exact) mass is 409 g/mol. The first-order chi connectivity index (χ1) is 14.0. The van der Waals surface area contributed by atoms with E-state index in [1.54, 1.807) is 36.4 Å². The number of sulfonamides is 1. The zero-order valence-electron chi connectivity index (χ0n) is 15.9. The van der Waals surface area contributed by atoms with Gasteiger partial charge >= 0.3 is 0 Å². The number of carbonyl (C=O) groups is 1. The van der Waals surface area contributed by atoms with E-state index in [2.05, 4.69) is 21.7 Å². The molecule has 0 bridgehead atoms. The molecule has 3 aromatic rings. The molecule has 1 N–H and O–H groups in total. The highest BCUT2D eigenvalue weighted by molar-refractivity contribution is 7.92. The average Bonchev–Trinajstić information content (AvgIpc) is 3.29. The molecule has 0 unspecified atom stereocenters. The van der Waals surface area contributed by atoms with Gasteiger partial charge in [0.25, 0.3) is 15.9 Å². The lowest BCUT2D eigenvalue weighted by atomic mass is 10.0. The van der Waals surface area contributed by atoms with Crippen LogP contribution in [-0.2, 0) is 10.0 Å². The van der Waals surface area contributed by atoms with Crippen molar-refractivity contribution in [3.05, 3.63) is 84.7 Å². The van der Waals surface area contributed by atoms with Crippen LogP contribution in [0.3, 0.4) is 0 Å². The van der Waals surface area contributed by atoms with Crippen molar-refractivity contribution in [3.63, 3.8) is 0 Å². The SMILES string of the molecule is O=C(c1ccc(S(=O)(=O)Nc2ccccc2)cc1)N1CCC(n2cccc2)CC1. The van der Waals surface area contributed by atoms with E-state index < -0.39 is 10.0 Å². The molecular weight excluding hydrogens is 386 g/mol. The minimum atomic E-state index is -3.69. The van der Waals surface area contributed by atoms with Gasteiger partial charge in [0.2, 0.25) is 0 Å². The first-order valence-electron chi connectivity index (χ1n) is 9.62. The molecule has 2 aromatic carbocycles. The van der Waals surface area contributed by atoms with Crippen LogP contribution in [0.25, 0.3) is 0 Å². The summed E-state index contributed by atoms with van der Waals surface area (Å²) < 4.78 is 29.8. The third-order valence-electron chi connectivity index (χ3n) is 5.24. The third-order valence-corrected chi connectivity index (χ3v) is 6.64. The lowest BCUT2D eigenvalue weighted by Gasteiger charge is -2.32. The maximum Gasteiger partial charge on any atom is 0.261 e. The second-order valence-corrected chi connectivity index (χ2v) is 8.83. The Balaban J connectivity index is 1.40. The Bertz CT molecular complexity index is 1050. The molecule has 1 fully saturated rings. The lowest BCUT2D eigenvalue weighted by Crippen LogP contribution is -2.38. The summed E-state index contributed by atoms with van der Waals surface area (Å²) in [6.07, 6.45) is 5.94. The fraction of sp³-hybridized carbons (Fsp3) is 0.227. The molecule has 1 amide bonds. The molecule has 1 saturated heterocycles. The predicted molar refractivity (Wildman–Crippen MR) is 112 cm³/mol. The lowest BCUT2D eigenvalue weighted by molar-refractivity contribution is 0.0694. The molecule has 7 heteroatoms. The van der Waals surface area contributed by atoms with Gasteiger partial charge < -0.3 is 9.47 Å². The second-order valence-electron chi connectivity index (χ2n) is 7.15. The number of nitrogens with one attached hydrogen (secondary N) is 1. The van der Waals surface area contributed by atoms with Crippen LogP contribution in [0.4, 0.5) is 5.69 Å². The molecule has 0 atom stereocenters. The number of rotatable bonds is 5. The van der Waals surface area contributed by atoms with Crippen LogP contribution in [0.1, 0.15) is 29.2 Å². The van der Waals surface area contributed by atoms with Crippen molar-refractivity contribution in [1.29, 1.82) is 0 Å². The minimum Gasteiger partial charge on any atom is -0.351 e. The number of benzene rings is 2. The van der Waals surface area contributed by atoms with E-state index in [4.69, 9.17) is 0 Å². The zero-order valence-corrected chi connectivity index (χ0v) is 16.8. The first-order valence-corrected chi connectivity index (χ1v) is 11.1. The number of anilines is 1. The highest BCUT2D eigenvalue weighted by Gasteiger charge is 2.24. The minimum absolute atomic E-state index is 0.0593. The first kappa shape index (κ1) is 19.3. The van der Waals surface area contributed by atoms with Crippen molar-refractivity contribution in [2.45, 2.75) is 23.8 Å². The standard InChI is InChI=1S/C22H23N3O3S/c26-22(25-16-12-20(13-17-25)24-14-4-5-15-24)18-8-10-21(11-9-18)29(27,28)23-19-6-2-1-3-7-19/h1-11,14-15,20,23H,12-13,16-17H2. The van der Waals surface area contributed by atoms with Gasteiger partial charge in [-0.25, -0.2) is 8.42 Å². The zero-order chi connectivity index (χ0) is 20.3. The number of nitrogens with zero attached hydrogens (tertiary/aromatic N) is 2. The molecule has 2 heterocycles. The molecule has 0 spiro atoms. The van der Waals surface area contributed by atoms with Gasteiger partial charge in [0, 0.05) is 42.8 Å². The van der Waals surface area contributed by atoms with E-state index in [1.165, 1.54) is 12.1 Å². The van der Waals surface area contributed by atoms with Gasteiger partial charge in [0.1, 0.15) is 0 Å². The summed E-state index contributed by atoms with van der Waals surface area (Å²) in [6, 6.07) is 19.3. The molecule has 6 nitrogen and oxygen atoms in total. The van der Waals surface area contributed by atoms with Gasteiger partial charge in [0.15, 0.2) is 0 Å². The Labute approximate surface area is 170 Å². The van der Waals surface area contributed by atoms with Gasteiger partial charge in [-0.2, -0.15) is 0 Å². The third kappa shape index (κ3) is 4.35. The molecule has 150 valence electrons. The van der Waals surface area contributed by atoms with Crippen LogP contribution in [-0.4, -0.2) is 36.9 Å². The number of piperidine rings is 1. The number of aromatic nitrogens is 1. The van der Waals surface area contributed by atoms with Crippen molar-refractivity contribution in [3.8, 4) is 0 Å². The van der Waals surface area contributed by atoms with Crippen LogP contribution in [0.2, 0.25) is 0 Å². The van der Waals surface area contributed by atoms with Crippen LogP contribution >= 0.6 is 0 Å². The van der Waals surface area contributed by atoms with Crippen molar-refractivity contribution in [2.24, 2.45) is 0 Å². The largest absolute Gasteiger partial charge is 0.351 e. The molecule has 4 rings (SSSR count). The van der Waals surface area contributed by atoms with Gasteiger partial charge in [-0.3, -0.25) is 9.52 Å². The summed E-state index contributed by atoms with van der Waals surface area (Å²) >= 11 is 0. The Kier molecular flexibility index (Phi) is 5.40. The summed E-state index contributed by atoms with van der Waals surface area (Å²) in [5.74, 6) is -0.0593. The van der Waals surface area contributed by atoms with E-state index in [1.807, 2.05) is 23.1 Å². The number of amides is 1. The molecule has 29 heavy (non-hydrogen) atoms. The summed E-state index contributed by atoms with van der Waals surface area (Å²) in [7, 11) is -3.69. The fourth-order valence-corrected chi connectivity index (χ4v) is 4.70. The summed E-state index contributed by atoms with van der Waals surface area (Å²) in [6.45, 7) is 1.38. The fourth-order valence-electron chi connectivity index (χ4n) is 3.64. The maximum atomic E-state index is 12.8. The number of para-hydroxylation sites is 1. The van der Waals surface area contributed by atoms with Gasteiger partial charge in [-0.1, -0.05) is 18.2 Å². The number of carbonyl (C=O) groups excluding carboxylic acids is 1. The Morgan fingerprint density at radius 3 is 2.10 bits per heavy atom. The summed E-state index contributed by atoms with van der Waals surface area (Å²) in [5, 5.41) is 0. The number of hydrogen-bond acceptors (Lipinski definition) is 3. The molecule has 0 radical (unpaired) electrons. The van der Waals surface area contributed by atoms with Crippen molar-refractivity contribution in [1.82, 2.24) is 9.47 Å². The highest BCUT2D eigenvalue weighted by atomic mass is 32.2. The van der Waals surface area contributed by atoms with Crippen LogP contribution < -0.4 is 4.72 Å². The normalized spacial score (nSPS) is 15.2. The highest BCUT2D eigenvalue weighted by Crippen LogP contribution is 2.24. The molecule has 0 aliphatic carbocycles. The van der Waals surface area contributed by atoms with E-state index in [0.717, 1.165) is 12.8 Å². The van der Waals surface area contributed by atoms with Crippen LogP contribution in [0.5, 0.6) is 0 Å².